The molecule has 4 N–H and O–H groups in total. The first kappa shape index (κ1) is 13.0. The van der Waals surface area contributed by atoms with E-state index in [9.17, 15) is 9.59 Å². The maximum absolute atomic E-state index is 9.58. The molecule has 0 atom stereocenters. The summed E-state index contributed by atoms with van der Waals surface area (Å²) in [7, 11) is 0. The van der Waals surface area contributed by atoms with Crippen molar-refractivity contribution in [2.75, 3.05) is 8.86 Å². The summed E-state index contributed by atoms with van der Waals surface area (Å²) >= 11 is 3.81. The van der Waals surface area contributed by atoms with Gasteiger partial charge in [-0.25, -0.2) is 0 Å². The van der Waals surface area contributed by atoms with Crippen molar-refractivity contribution in [3.05, 3.63) is 0 Å². The van der Waals surface area contributed by atoms with Gasteiger partial charge in [-0.3, -0.25) is 9.59 Å². The zero-order valence-electron chi connectivity index (χ0n) is 5.14. The van der Waals surface area contributed by atoms with Crippen molar-refractivity contribution in [2.45, 2.75) is 0 Å². The van der Waals surface area contributed by atoms with Crippen molar-refractivity contribution >= 4 is 57.0 Å². The Morgan fingerprint density at radius 3 is 1.10 bits per heavy atom. The second kappa shape index (κ2) is 9.40. The van der Waals surface area contributed by atoms with Crippen LogP contribution in [-0.2, 0) is 9.59 Å². The minimum Gasteiger partial charge on any atom is -0.369 e. The summed E-state index contributed by atoms with van der Waals surface area (Å²) in [6.07, 6.45) is 0. The summed E-state index contributed by atoms with van der Waals surface area (Å²) in [5.41, 5.74) is 9.29. The van der Waals surface area contributed by atoms with Crippen LogP contribution < -0.4 is 11.5 Å². The van der Waals surface area contributed by atoms with Crippen LogP contribution in [0.2, 0.25) is 0 Å². The van der Waals surface area contributed by atoms with Crippen molar-refractivity contribution in [3.63, 3.8) is 0 Å². The van der Waals surface area contributed by atoms with Crippen LogP contribution in [-0.4, -0.2) is 20.7 Å². The van der Waals surface area contributed by atoms with Gasteiger partial charge in [-0.2, -0.15) is 0 Å². The number of halogens is 2. The molecule has 0 aliphatic heterocycles. The van der Waals surface area contributed by atoms with E-state index in [1.54, 1.807) is 0 Å². The lowest BCUT2D eigenvalue weighted by Crippen LogP contribution is -2.10. The summed E-state index contributed by atoms with van der Waals surface area (Å²) in [4.78, 5) is 19.2. The monoisotopic (exact) mass is 370 g/mol. The smallest absolute Gasteiger partial charge is 0.227 e. The van der Waals surface area contributed by atoms with Gasteiger partial charge >= 0.3 is 0 Å². The molecule has 0 rings (SSSR count). The number of hydrogen-bond acceptors (Lipinski definition) is 2. The third-order valence-electron chi connectivity index (χ3n) is 0.263. The Morgan fingerprint density at radius 2 is 1.10 bits per heavy atom. The van der Waals surface area contributed by atoms with E-state index in [2.05, 4.69) is 11.5 Å². The largest absolute Gasteiger partial charge is 0.369 e. The highest BCUT2D eigenvalue weighted by Crippen LogP contribution is 1.73. The standard InChI is InChI=1S/2C2H4INO/c2*3-1-2(4)5/h2*1H2,(H2,4,5). The van der Waals surface area contributed by atoms with Gasteiger partial charge in [-0.15, -0.1) is 0 Å². The molecule has 0 radical (unpaired) electrons. The Bertz CT molecular complexity index is 104. The minimum absolute atomic E-state index is 0.259. The molecule has 60 valence electrons. The molecule has 6 heteroatoms. The molecule has 0 bridgehead atoms. The average molecular weight is 370 g/mol. The normalized spacial score (nSPS) is 7.40. The zero-order valence-corrected chi connectivity index (χ0v) is 9.46. The molecule has 0 aromatic rings. The predicted octanol–water partition coefficient (Wildman–Crippen LogP) is -0.187. The molecule has 2 amide bonds. The molecule has 4 nitrogen and oxygen atoms in total. The molecule has 0 saturated carbocycles. The van der Waals surface area contributed by atoms with Crippen LogP contribution in [0.3, 0.4) is 0 Å². The number of nitrogens with two attached hydrogens (primary N) is 2. The molecule has 10 heavy (non-hydrogen) atoms. The van der Waals surface area contributed by atoms with Crippen LogP contribution in [0.1, 0.15) is 0 Å². The highest BCUT2D eigenvalue weighted by atomic mass is 127. The molecule has 0 aliphatic rings. The maximum atomic E-state index is 9.58. The number of carbonyl (C=O) groups excluding carboxylic acids is 2. The topological polar surface area (TPSA) is 86.2 Å². The number of carbonyl (C=O) groups is 2. The van der Waals surface area contributed by atoms with Gasteiger partial charge < -0.3 is 11.5 Å². The summed E-state index contributed by atoms with van der Waals surface area (Å²) in [6.45, 7) is 0. The lowest BCUT2D eigenvalue weighted by atomic mass is 10.8. The zero-order chi connectivity index (χ0) is 8.57. The Hall–Kier alpha value is 0.400. The fourth-order valence-corrected chi connectivity index (χ4v) is 0. The van der Waals surface area contributed by atoms with E-state index in [1.165, 1.54) is 0 Å². The van der Waals surface area contributed by atoms with Crippen LogP contribution in [0.15, 0.2) is 0 Å². The van der Waals surface area contributed by atoms with Gasteiger partial charge in [0, 0.05) is 0 Å². The Labute approximate surface area is 86.4 Å². The third-order valence-corrected chi connectivity index (χ3v) is 1.77. The van der Waals surface area contributed by atoms with Crippen molar-refractivity contribution in [3.8, 4) is 0 Å². The average Bonchev–Trinajstić information content (AvgIpc) is 1.89. The molecule has 0 heterocycles. The molecule has 0 fully saturated rings. The van der Waals surface area contributed by atoms with Crippen LogP contribution in [0.25, 0.3) is 0 Å². The predicted molar refractivity (Wildman–Crippen MR) is 56.2 cm³/mol. The van der Waals surface area contributed by atoms with Gasteiger partial charge in [0.05, 0.1) is 8.86 Å². The van der Waals surface area contributed by atoms with Crippen molar-refractivity contribution < 1.29 is 9.59 Å². The summed E-state index contributed by atoms with van der Waals surface area (Å²) < 4.78 is 0.829. The van der Waals surface area contributed by atoms with Crippen LogP contribution in [0.4, 0.5) is 0 Å². The summed E-state index contributed by atoms with van der Waals surface area (Å²) in [6, 6.07) is 0. The van der Waals surface area contributed by atoms with Gasteiger partial charge in [0.25, 0.3) is 0 Å². The molecule has 0 aromatic carbocycles. The highest BCUT2D eigenvalue weighted by Gasteiger charge is 1.79. The Morgan fingerprint density at radius 1 is 1.00 bits per heavy atom. The number of amides is 2. The van der Waals surface area contributed by atoms with Gasteiger partial charge in [0.2, 0.25) is 11.8 Å². The third kappa shape index (κ3) is 23.8. The Kier molecular flexibility index (Phi) is 12.2. The van der Waals surface area contributed by atoms with E-state index < -0.39 is 0 Å². The van der Waals surface area contributed by atoms with Crippen LogP contribution in [0, 0.1) is 0 Å². The van der Waals surface area contributed by atoms with E-state index in [-0.39, 0.29) is 11.8 Å². The van der Waals surface area contributed by atoms with Crippen LogP contribution in [0.5, 0.6) is 0 Å². The lowest BCUT2D eigenvalue weighted by molar-refractivity contribution is -0.116. The van der Waals surface area contributed by atoms with Gasteiger partial charge in [-0.1, -0.05) is 45.2 Å². The molecular formula is C4H8I2N2O2. The fourth-order valence-electron chi connectivity index (χ4n) is 0. The van der Waals surface area contributed by atoms with Gasteiger partial charge in [0.1, 0.15) is 0 Å². The summed E-state index contributed by atoms with van der Waals surface area (Å²) in [5, 5.41) is 0. The quantitative estimate of drug-likeness (QED) is 0.522. The molecule has 0 unspecified atom stereocenters. The minimum atomic E-state index is -0.259. The number of alkyl halides is 2. The Balaban J connectivity index is 0. The van der Waals surface area contributed by atoms with Crippen LogP contribution >= 0.6 is 45.2 Å². The molecule has 0 aromatic heterocycles. The van der Waals surface area contributed by atoms with Crippen molar-refractivity contribution in [1.82, 2.24) is 0 Å². The van der Waals surface area contributed by atoms with E-state index in [1.807, 2.05) is 45.2 Å². The van der Waals surface area contributed by atoms with E-state index >= 15 is 0 Å². The van der Waals surface area contributed by atoms with Gasteiger partial charge in [0.15, 0.2) is 0 Å². The highest BCUT2D eigenvalue weighted by molar-refractivity contribution is 14.1. The SMILES string of the molecule is NC(=O)CI.NC(=O)CI. The molecule has 0 aliphatic carbocycles. The number of rotatable bonds is 2. The maximum Gasteiger partial charge on any atom is 0.227 e. The molecular weight excluding hydrogens is 362 g/mol. The first-order valence-corrected chi connectivity index (χ1v) is 5.28. The fraction of sp³-hybridized carbons (Fsp3) is 0.500. The first-order valence-electron chi connectivity index (χ1n) is 2.23. The lowest BCUT2D eigenvalue weighted by Gasteiger charge is -1.71. The first-order chi connectivity index (χ1) is 4.54. The second-order valence-electron chi connectivity index (χ2n) is 1.20. The second-order valence-corrected chi connectivity index (χ2v) is 2.73. The number of hydrogen-bond donors (Lipinski definition) is 2. The summed E-state index contributed by atoms with van der Waals surface area (Å²) in [5.74, 6) is -0.517. The number of primary amides is 2. The van der Waals surface area contributed by atoms with Crippen molar-refractivity contribution in [1.29, 1.82) is 0 Å². The van der Waals surface area contributed by atoms with Gasteiger partial charge in [-0.05, 0) is 0 Å². The van der Waals surface area contributed by atoms with Crippen molar-refractivity contribution in [2.24, 2.45) is 11.5 Å². The molecule has 0 saturated heterocycles. The van der Waals surface area contributed by atoms with E-state index in [4.69, 9.17) is 0 Å². The molecule has 0 spiro atoms. The van der Waals surface area contributed by atoms with E-state index in [0.717, 1.165) is 0 Å². The van der Waals surface area contributed by atoms with E-state index in [0.29, 0.717) is 8.86 Å².